The number of hydrogen-bond donors (Lipinski definition) is 2. The van der Waals surface area contributed by atoms with Crippen LogP contribution in [0.4, 0.5) is 0 Å². The van der Waals surface area contributed by atoms with Gasteiger partial charge in [-0.25, -0.2) is 0 Å². The van der Waals surface area contributed by atoms with Crippen LogP contribution < -0.4 is 10.6 Å². The highest BCUT2D eigenvalue weighted by atomic mass is 16.5. The molecule has 5 nitrogen and oxygen atoms in total. The predicted octanol–water partition coefficient (Wildman–Crippen LogP) is 1.63. The standard InChI is InChI=1S/C19H35N3O2/c1-18(2)15-5-6-16(13-15)19(18,3)21-17(23)14-20-7-4-8-22-9-11-24-12-10-22/h15-16,20H,4-14H2,1-3H3,(H,21,23)/t15-,16+,19+/m0/s1. The molecule has 3 fully saturated rings. The normalized spacial score (nSPS) is 35.3. The van der Waals surface area contributed by atoms with Gasteiger partial charge in [-0.05, 0) is 62.9 Å². The highest BCUT2D eigenvalue weighted by Gasteiger charge is 2.60. The molecule has 0 unspecified atom stereocenters. The Hall–Kier alpha value is -0.650. The first kappa shape index (κ1) is 18.2. The van der Waals surface area contributed by atoms with Crippen LogP contribution in [-0.4, -0.2) is 62.3 Å². The van der Waals surface area contributed by atoms with Gasteiger partial charge in [0, 0.05) is 18.6 Å². The number of fused-ring (bicyclic) bond motifs is 2. The summed E-state index contributed by atoms with van der Waals surface area (Å²) >= 11 is 0. The molecule has 1 saturated heterocycles. The smallest absolute Gasteiger partial charge is 0.234 e. The summed E-state index contributed by atoms with van der Waals surface area (Å²) in [6.07, 6.45) is 4.98. The largest absolute Gasteiger partial charge is 0.379 e. The van der Waals surface area contributed by atoms with Crippen LogP contribution in [-0.2, 0) is 9.53 Å². The van der Waals surface area contributed by atoms with Crippen LogP contribution in [0.3, 0.4) is 0 Å². The maximum atomic E-state index is 12.4. The van der Waals surface area contributed by atoms with E-state index in [0.717, 1.165) is 51.7 Å². The molecule has 2 bridgehead atoms. The number of nitrogens with zero attached hydrogens (tertiary/aromatic N) is 1. The van der Waals surface area contributed by atoms with Gasteiger partial charge in [-0.3, -0.25) is 9.69 Å². The molecular formula is C19H35N3O2. The molecular weight excluding hydrogens is 302 g/mol. The summed E-state index contributed by atoms with van der Waals surface area (Å²) in [5.74, 6) is 1.58. The van der Waals surface area contributed by atoms with E-state index in [-0.39, 0.29) is 16.9 Å². The van der Waals surface area contributed by atoms with Crippen molar-refractivity contribution in [3.05, 3.63) is 0 Å². The van der Waals surface area contributed by atoms with Crippen molar-refractivity contribution in [2.45, 2.75) is 52.0 Å². The van der Waals surface area contributed by atoms with Crippen molar-refractivity contribution in [1.29, 1.82) is 0 Å². The number of morpholine rings is 1. The first-order valence-corrected chi connectivity index (χ1v) is 9.75. The summed E-state index contributed by atoms with van der Waals surface area (Å²) in [7, 11) is 0. The lowest BCUT2D eigenvalue weighted by Gasteiger charge is -2.48. The monoisotopic (exact) mass is 337 g/mol. The number of carbonyl (C=O) groups excluding carboxylic acids is 1. The van der Waals surface area contributed by atoms with Gasteiger partial charge in [-0.15, -0.1) is 0 Å². The minimum atomic E-state index is -0.0392. The van der Waals surface area contributed by atoms with E-state index in [1.54, 1.807) is 0 Å². The van der Waals surface area contributed by atoms with Gasteiger partial charge in [0.05, 0.1) is 19.8 Å². The first-order chi connectivity index (χ1) is 11.4. The van der Waals surface area contributed by atoms with Crippen LogP contribution in [0.5, 0.6) is 0 Å². The molecule has 5 heteroatoms. The number of ether oxygens (including phenoxy) is 1. The van der Waals surface area contributed by atoms with Gasteiger partial charge in [-0.2, -0.15) is 0 Å². The molecule has 0 aromatic rings. The second kappa shape index (κ2) is 7.30. The predicted molar refractivity (Wildman–Crippen MR) is 95.9 cm³/mol. The van der Waals surface area contributed by atoms with Crippen molar-refractivity contribution >= 4 is 5.91 Å². The van der Waals surface area contributed by atoms with Gasteiger partial charge in [0.15, 0.2) is 0 Å². The van der Waals surface area contributed by atoms with E-state index in [9.17, 15) is 4.79 Å². The van der Waals surface area contributed by atoms with Crippen molar-refractivity contribution in [2.75, 3.05) is 45.9 Å². The molecule has 0 radical (unpaired) electrons. The van der Waals surface area contributed by atoms with Crippen molar-refractivity contribution in [1.82, 2.24) is 15.5 Å². The van der Waals surface area contributed by atoms with Crippen LogP contribution in [0.1, 0.15) is 46.5 Å². The van der Waals surface area contributed by atoms with Crippen molar-refractivity contribution in [3.63, 3.8) is 0 Å². The summed E-state index contributed by atoms with van der Waals surface area (Å²) in [6.45, 7) is 13.2. The summed E-state index contributed by atoms with van der Waals surface area (Å²) in [4.78, 5) is 14.9. The molecule has 3 rings (SSSR count). The lowest BCUT2D eigenvalue weighted by Crippen LogP contribution is -2.60. The molecule has 2 N–H and O–H groups in total. The van der Waals surface area contributed by atoms with Crippen LogP contribution in [0.25, 0.3) is 0 Å². The molecule has 0 aromatic carbocycles. The van der Waals surface area contributed by atoms with Crippen molar-refractivity contribution in [2.24, 2.45) is 17.3 Å². The van der Waals surface area contributed by atoms with E-state index in [1.165, 1.54) is 19.3 Å². The maximum Gasteiger partial charge on any atom is 0.234 e. The third kappa shape index (κ3) is 3.49. The van der Waals surface area contributed by atoms with Crippen molar-refractivity contribution < 1.29 is 9.53 Å². The fourth-order valence-corrected chi connectivity index (χ4v) is 5.16. The molecule has 1 aliphatic heterocycles. The third-order valence-corrected chi connectivity index (χ3v) is 7.22. The molecule has 1 amide bonds. The van der Waals surface area contributed by atoms with E-state index < -0.39 is 0 Å². The third-order valence-electron chi connectivity index (χ3n) is 7.22. The van der Waals surface area contributed by atoms with E-state index in [1.807, 2.05) is 0 Å². The van der Waals surface area contributed by atoms with Crippen molar-refractivity contribution in [3.8, 4) is 0 Å². The minimum absolute atomic E-state index is 0.0392. The summed E-state index contributed by atoms with van der Waals surface area (Å²) in [5, 5.41) is 6.71. The van der Waals surface area contributed by atoms with Gasteiger partial charge in [0.1, 0.15) is 0 Å². The zero-order valence-corrected chi connectivity index (χ0v) is 15.7. The number of rotatable bonds is 7. The SMILES string of the molecule is CC1(C)[C@H]2CC[C@H](C2)[C@@]1(C)NC(=O)CNCCCN1CCOCC1. The molecule has 138 valence electrons. The van der Waals surface area contributed by atoms with E-state index in [4.69, 9.17) is 4.74 Å². The summed E-state index contributed by atoms with van der Waals surface area (Å²) in [6, 6.07) is 0. The number of amides is 1. The molecule has 3 aliphatic rings. The number of carbonyl (C=O) groups is 1. The first-order valence-electron chi connectivity index (χ1n) is 9.75. The molecule has 1 heterocycles. The maximum absolute atomic E-state index is 12.4. The molecule has 24 heavy (non-hydrogen) atoms. The number of nitrogens with one attached hydrogen (secondary N) is 2. The average molecular weight is 338 g/mol. The van der Waals surface area contributed by atoms with Crippen LogP contribution in [0.15, 0.2) is 0 Å². The van der Waals surface area contributed by atoms with Crippen LogP contribution in [0.2, 0.25) is 0 Å². The van der Waals surface area contributed by atoms with E-state index >= 15 is 0 Å². The Morgan fingerprint density at radius 1 is 1.17 bits per heavy atom. The fourth-order valence-electron chi connectivity index (χ4n) is 5.16. The molecule has 0 aromatic heterocycles. The van der Waals surface area contributed by atoms with E-state index in [2.05, 4.69) is 36.3 Å². The molecule has 2 aliphatic carbocycles. The Morgan fingerprint density at radius 2 is 1.88 bits per heavy atom. The Balaban J connectivity index is 1.35. The Bertz CT molecular complexity index is 448. The van der Waals surface area contributed by atoms with Gasteiger partial charge < -0.3 is 15.4 Å². The average Bonchev–Trinajstić information content (AvgIpc) is 3.11. The van der Waals surface area contributed by atoms with Gasteiger partial charge in [0.25, 0.3) is 0 Å². The molecule has 0 spiro atoms. The quantitative estimate of drug-likeness (QED) is 0.694. The lowest BCUT2D eigenvalue weighted by atomic mass is 9.64. The van der Waals surface area contributed by atoms with Gasteiger partial charge in [0.2, 0.25) is 5.91 Å². The van der Waals surface area contributed by atoms with Crippen LogP contribution in [0, 0.1) is 17.3 Å². The molecule has 2 saturated carbocycles. The highest BCUT2D eigenvalue weighted by Crippen LogP contribution is 2.61. The fraction of sp³-hybridized carbons (Fsp3) is 0.947. The Morgan fingerprint density at radius 3 is 2.54 bits per heavy atom. The minimum Gasteiger partial charge on any atom is -0.379 e. The topological polar surface area (TPSA) is 53.6 Å². The zero-order valence-electron chi connectivity index (χ0n) is 15.7. The van der Waals surface area contributed by atoms with Gasteiger partial charge >= 0.3 is 0 Å². The van der Waals surface area contributed by atoms with Gasteiger partial charge in [-0.1, -0.05) is 13.8 Å². The number of hydrogen-bond acceptors (Lipinski definition) is 4. The Kier molecular flexibility index (Phi) is 5.52. The zero-order chi connectivity index (χ0) is 17.2. The second-order valence-corrected chi connectivity index (χ2v) is 8.66. The van der Waals surface area contributed by atoms with E-state index in [0.29, 0.717) is 12.5 Å². The highest BCUT2D eigenvalue weighted by molar-refractivity contribution is 5.79. The van der Waals surface area contributed by atoms with Crippen LogP contribution >= 0.6 is 0 Å². The Labute approximate surface area is 146 Å². The lowest BCUT2D eigenvalue weighted by molar-refractivity contribution is -0.124. The molecule has 3 atom stereocenters. The summed E-state index contributed by atoms with van der Waals surface area (Å²) < 4.78 is 5.36. The summed E-state index contributed by atoms with van der Waals surface area (Å²) in [5.41, 5.74) is 0.171. The second-order valence-electron chi connectivity index (χ2n) is 8.66.